The molecule has 13 heavy (non-hydrogen) atoms. The number of amidine groups is 1. The average molecular weight is 200 g/mol. The summed E-state index contributed by atoms with van der Waals surface area (Å²) in [4.78, 5) is 14.6. The maximum Gasteiger partial charge on any atom is 0.219 e. The molecule has 0 saturated carbocycles. The van der Waals surface area contributed by atoms with Crippen LogP contribution in [0.15, 0.2) is 4.99 Å². The largest absolute Gasteiger partial charge is 0.370 e. The fourth-order valence-corrected chi connectivity index (χ4v) is 1.15. The van der Waals surface area contributed by atoms with Crippen LogP contribution >= 0.6 is 11.8 Å². The minimum Gasteiger partial charge on any atom is -0.370 e. The molecule has 0 aromatic carbocycles. The van der Waals surface area contributed by atoms with Crippen molar-refractivity contribution in [2.45, 2.75) is 19.4 Å². The molecule has 0 spiro atoms. The number of carbonyl (C=O) groups excluding carboxylic acids is 1. The van der Waals surface area contributed by atoms with Gasteiger partial charge in [-0.25, -0.2) is 0 Å². The fraction of sp³-hybridized carbons (Fsp3) is 0.571. The molecule has 0 bridgehead atoms. The van der Waals surface area contributed by atoms with Gasteiger partial charge >= 0.3 is 0 Å². The molecular weight excluding hydrogens is 188 g/mol. The Labute approximate surface area is 81.4 Å². The van der Waals surface area contributed by atoms with Crippen molar-refractivity contribution in [3.05, 3.63) is 0 Å². The van der Waals surface area contributed by atoms with Crippen molar-refractivity contribution >= 4 is 22.8 Å². The zero-order valence-electron chi connectivity index (χ0n) is 7.57. The van der Waals surface area contributed by atoms with E-state index in [1.54, 1.807) is 19.4 Å². The molecule has 0 aliphatic rings. The van der Waals surface area contributed by atoms with Gasteiger partial charge in [-0.15, -0.1) is 0 Å². The van der Waals surface area contributed by atoms with E-state index in [1.165, 1.54) is 11.8 Å². The number of carbonyl (C=O) groups is 1. The lowest BCUT2D eigenvalue weighted by atomic mass is 10.2. The van der Waals surface area contributed by atoms with E-state index in [2.05, 4.69) is 10.3 Å². The molecule has 0 rings (SSSR count). The van der Waals surface area contributed by atoms with Gasteiger partial charge in [0.15, 0.2) is 11.4 Å². The Bertz CT molecular complexity index is 245. The number of nitrogens with two attached hydrogens (primary N) is 1. The van der Waals surface area contributed by atoms with Crippen LogP contribution in [0.5, 0.6) is 0 Å². The van der Waals surface area contributed by atoms with Crippen LogP contribution in [0.1, 0.15) is 13.3 Å². The van der Waals surface area contributed by atoms with Crippen molar-refractivity contribution in [3.63, 3.8) is 0 Å². The van der Waals surface area contributed by atoms with E-state index in [0.29, 0.717) is 5.17 Å². The van der Waals surface area contributed by atoms with Crippen LogP contribution in [0.2, 0.25) is 0 Å². The first kappa shape index (κ1) is 11.8. The monoisotopic (exact) mass is 200 g/mol. The van der Waals surface area contributed by atoms with Gasteiger partial charge in [-0.3, -0.25) is 15.1 Å². The van der Waals surface area contributed by atoms with Gasteiger partial charge < -0.3 is 5.73 Å². The van der Waals surface area contributed by atoms with Gasteiger partial charge in [-0.05, 0) is 13.2 Å². The minimum atomic E-state index is -0.395. The maximum atomic E-state index is 10.5. The molecule has 0 aromatic heterocycles. The minimum absolute atomic E-state index is 0.192. The summed E-state index contributed by atoms with van der Waals surface area (Å²) in [6.07, 6.45) is 3.74. The average Bonchev–Trinajstić information content (AvgIpc) is 2.02. The Balaban J connectivity index is 4.16. The zero-order chi connectivity index (χ0) is 10.3. The number of hydrogen-bond donors (Lipinski definition) is 2. The standard InChI is InChI=1S/C7H12N4OS/c1-5(3-6(9)12)11-7(13-2)10-4-8/h5H,3H2,1-2H3,(H2,9,12)(H,10,11). The summed E-state index contributed by atoms with van der Waals surface area (Å²) in [7, 11) is 0. The fourth-order valence-electron chi connectivity index (χ4n) is 0.721. The molecule has 0 heterocycles. The van der Waals surface area contributed by atoms with E-state index in [0.717, 1.165) is 0 Å². The SMILES string of the molecule is CSC(=NC(C)CC(N)=O)NC#N. The molecule has 1 amide bonds. The highest BCUT2D eigenvalue weighted by atomic mass is 32.2. The second-order valence-electron chi connectivity index (χ2n) is 2.39. The van der Waals surface area contributed by atoms with E-state index in [9.17, 15) is 4.79 Å². The van der Waals surface area contributed by atoms with Crippen LogP contribution in [0.4, 0.5) is 0 Å². The van der Waals surface area contributed by atoms with Gasteiger partial charge in [-0.1, -0.05) is 11.8 Å². The molecule has 0 saturated heterocycles. The molecule has 6 heteroatoms. The van der Waals surface area contributed by atoms with Crippen LogP contribution in [-0.2, 0) is 4.79 Å². The summed E-state index contributed by atoms with van der Waals surface area (Å²) >= 11 is 1.31. The Hall–Kier alpha value is -1.22. The highest BCUT2D eigenvalue weighted by Crippen LogP contribution is 2.01. The van der Waals surface area contributed by atoms with Crippen molar-refractivity contribution in [3.8, 4) is 6.19 Å². The molecule has 1 atom stereocenters. The summed E-state index contributed by atoms with van der Waals surface area (Å²) in [6.45, 7) is 1.76. The third-order valence-electron chi connectivity index (χ3n) is 1.19. The van der Waals surface area contributed by atoms with Crippen molar-refractivity contribution < 1.29 is 4.79 Å². The highest BCUT2D eigenvalue weighted by Gasteiger charge is 2.05. The Morgan fingerprint density at radius 3 is 2.85 bits per heavy atom. The lowest BCUT2D eigenvalue weighted by Gasteiger charge is -2.05. The number of nitrogens with one attached hydrogen (secondary N) is 1. The van der Waals surface area contributed by atoms with E-state index in [-0.39, 0.29) is 12.5 Å². The van der Waals surface area contributed by atoms with Crippen molar-refractivity contribution in [2.75, 3.05) is 6.26 Å². The zero-order valence-corrected chi connectivity index (χ0v) is 8.39. The van der Waals surface area contributed by atoms with Crippen molar-refractivity contribution in [1.29, 1.82) is 5.26 Å². The quantitative estimate of drug-likeness (QED) is 0.291. The number of rotatable bonds is 3. The Morgan fingerprint density at radius 1 is 1.85 bits per heavy atom. The van der Waals surface area contributed by atoms with Crippen LogP contribution in [0, 0.1) is 11.5 Å². The molecule has 0 aliphatic carbocycles. The molecule has 3 N–H and O–H groups in total. The van der Waals surface area contributed by atoms with Gasteiger partial charge in [0.05, 0.1) is 6.04 Å². The molecule has 72 valence electrons. The molecule has 5 nitrogen and oxygen atoms in total. The second kappa shape index (κ2) is 6.31. The second-order valence-corrected chi connectivity index (χ2v) is 3.19. The number of thioether (sulfide) groups is 1. The molecule has 1 unspecified atom stereocenters. The first-order chi connectivity index (χ1) is 6.10. The predicted molar refractivity (Wildman–Crippen MR) is 53.0 cm³/mol. The lowest BCUT2D eigenvalue weighted by molar-refractivity contribution is -0.118. The van der Waals surface area contributed by atoms with Crippen LogP contribution in [-0.4, -0.2) is 23.4 Å². The summed E-state index contributed by atoms with van der Waals surface area (Å²) < 4.78 is 0. The van der Waals surface area contributed by atoms with Gasteiger partial charge in [-0.2, -0.15) is 5.26 Å². The van der Waals surface area contributed by atoms with E-state index in [1.807, 2.05) is 0 Å². The van der Waals surface area contributed by atoms with Gasteiger partial charge in [0.1, 0.15) is 0 Å². The number of amides is 1. The molecule has 0 aromatic rings. The van der Waals surface area contributed by atoms with Gasteiger partial charge in [0, 0.05) is 6.42 Å². The Morgan fingerprint density at radius 2 is 2.46 bits per heavy atom. The number of nitrogens with zero attached hydrogens (tertiary/aromatic N) is 2. The molecule has 0 aliphatic heterocycles. The molecule has 0 fully saturated rings. The smallest absolute Gasteiger partial charge is 0.219 e. The molecule has 0 radical (unpaired) electrons. The maximum absolute atomic E-state index is 10.5. The summed E-state index contributed by atoms with van der Waals surface area (Å²) in [5.41, 5.74) is 4.98. The number of primary amides is 1. The van der Waals surface area contributed by atoms with E-state index < -0.39 is 5.91 Å². The Kier molecular flexibility index (Phi) is 5.72. The third kappa shape index (κ3) is 5.99. The summed E-state index contributed by atoms with van der Waals surface area (Å²) in [6, 6.07) is -0.194. The van der Waals surface area contributed by atoms with Crippen LogP contribution < -0.4 is 11.1 Å². The summed E-state index contributed by atoms with van der Waals surface area (Å²) in [5, 5.41) is 11.2. The predicted octanol–water partition coefficient (Wildman–Crippen LogP) is 0.0400. The lowest BCUT2D eigenvalue weighted by Crippen LogP contribution is -2.20. The number of nitriles is 1. The number of hydrogen-bond acceptors (Lipinski definition) is 4. The molecular formula is C7H12N4OS. The van der Waals surface area contributed by atoms with Crippen LogP contribution in [0.25, 0.3) is 0 Å². The van der Waals surface area contributed by atoms with E-state index >= 15 is 0 Å². The first-order valence-electron chi connectivity index (χ1n) is 3.65. The third-order valence-corrected chi connectivity index (χ3v) is 1.78. The van der Waals surface area contributed by atoms with Crippen molar-refractivity contribution in [2.24, 2.45) is 10.7 Å². The van der Waals surface area contributed by atoms with Gasteiger partial charge in [0.25, 0.3) is 0 Å². The van der Waals surface area contributed by atoms with Gasteiger partial charge in [0.2, 0.25) is 5.91 Å². The topological polar surface area (TPSA) is 91.3 Å². The van der Waals surface area contributed by atoms with E-state index in [4.69, 9.17) is 11.0 Å². The normalized spacial score (nSPS) is 13.2. The number of aliphatic imine (C=N–C) groups is 1. The van der Waals surface area contributed by atoms with Crippen molar-refractivity contribution in [1.82, 2.24) is 5.32 Å². The highest BCUT2D eigenvalue weighted by molar-refractivity contribution is 8.13. The van der Waals surface area contributed by atoms with Crippen LogP contribution in [0.3, 0.4) is 0 Å². The first-order valence-corrected chi connectivity index (χ1v) is 4.87. The summed E-state index contributed by atoms with van der Waals surface area (Å²) in [5.74, 6) is -0.395.